The van der Waals surface area contributed by atoms with Gasteiger partial charge < -0.3 is 25.4 Å². The molecule has 0 bridgehead atoms. The topological polar surface area (TPSA) is 125 Å². The van der Waals surface area contributed by atoms with E-state index in [1.807, 2.05) is 0 Å². The Morgan fingerprint density at radius 3 is 2.44 bits per heavy atom. The lowest BCUT2D eigenvalue weighted by molar-refractivity contribution is -0.161. The molecule has 3 amide bonds. The van der Waals surface area contributed by atoms with Crippen molar-refractivity contribution < 1.29 is 29.0 Å². The van der Waals surface area contributed by atoms with Crippen LogP contribution in [0.5, 0.6) is 0 Å². The summed E-state index contributed by atoms with van der Waals surface area (Å²) < 4.78 is 4.38. The minimum absolute atomic E-state index is 0.0302. The van der Waals surface area contributed by atoms with Gasteiger partial charge >= 0.3 is 12.1 Å². The third kappa shape index (κ3) is 4.66. The van der Waals surface area contributed by atoms with E-state index in [2.05, 4.69) is 10.6 Å². The van der Waals surface area contributed by atoms with Crippen LogP contribution < -0.4 is 10.6 Å². The van der Waals surface area contributed by atoms with Gasteiger partial charge in [0, 0.05) is 5.88 Å². The molecule has 0 saturated carbocycles. The molecule has 5 atom stereocenters. The monoisotopic (exact) mass is 483 g/mol. The van der Waals surface area contributed by atoms with Crippen LogP contribution in [0.15, 0.2) is 30.3 Å². The van der Waals surface area contributed by atoms with E-state index in [1.54, 1.807) is 58.0 Å². The van der Waals surface area contributed by atoms with Crippen molar-refractivity contribution in [1.82, 2.24) is 15.5 Å². The Hall–Kier alpha value is -2.46. The van der Waals surface area contributed by atoms with E-state index < -0.39 is 57.7 Å². The van der Waals surface area contributed by atoms with Gasteiger partial charge in [-0.3, -0.25) is 9.59 Å². The second-order valence-electron chi connectivity index (χ2n) is 8.92. The number of thioether (sulfide) groups is 1. The summed E-state index contributed by atoms with van der Waals surface area (Å²) in [6.45, 7) is 6.80. The number of carbonyl (C=O) groups excluding carboxylic acids is 3. The predicted molar refractivity (Wildman–Crippen MR) is 119 cm³/mol. The zero-order valence-corrected chi connectivity index (χ0v) is 19.7. The molecule has 32 heavy (non-hydrogen) atoms. The fraction of sp³-hybridized carbons (Fsp3) is 0.524. The fourth-order valence-corrected chi connectivity index (χ4v) is 5.70. The van der Waals surface area contributed by atoms with E-state index in [0.29, 0.717) is 5.56 Å². The van der Waals surface area contributed by atoms with Crippen molar-refractivity contribution in [3.8, 4) is 0 Å². The Balaban J connectivity index is 1.78. The molecule has 2 aliphatic rings. The molecule has 9 nitrogen and oxygen atoms in total. The van der Waals surface area contributed by atoms with Crippen molar-refractivity contribution in [2.75, 3.05) is 5.88 Å². The standard InChI is InChI=1S/C21H26ClN3O6S/c1-20(2,3)31-19(30)24-12(11-8-6-5-7-9-11)15(26)23-13-16(27)25-14(18(28)29)21(4,10-22)32-17(13)25/h5-9,12-14,17H,10H2,1-4H3,(H,23,26)(H,24,30)(H,28,29). The molecule has 2 saturated heterocycles. The molecule has 0 aromatic heterocycles. The summed E-state index contributed by atoms with van der Waals surface area (Å²) >= 11 is 7.26. The van der Waals surface area contributed by atoms with Gasteiger partial charge in [0.15, 0.2) is 0 Å². The lowest BCUT2D eigenvalue weighted by Crippen LogP contribution is -2.71. The minimum atomic E-state index is -1.14. The van der Waals surface area contributed by atoms with Crippen molar-refractivity contribution in [3.63, 3.8) is 0 Å². The van der Waals surface area contributed by atoms with Gasteiger partial charge in [-0.1, -0.05) is 30.3 Å². The van der Waals surface area contributed by atoms with Gasteiger partial charge in [0.05, 0.1) is 4.75 Å². The number of hydrogen-bond donors (Lipinski definition) is 3. The molecule has 2 heterocycles. The highest BCUT2D eigenvalue weighted by Gasteiger charge is 2.65. The van der Waals surface area contributed by atoms with Crippen LogP contribution in [0.2, 0.25) is 0 Å². The summed E-state index contributed by atoms with van der Waals surface area (Å²) in [5.74, 6) is -2.22. The Labute approximate surface area is 195 Å². The number of alkyl carbamates (subject to hydrolysis) is 1. The first-order valence-corrected chi connectivity index (χ1v) is 11.4. The van der Waals surface area contributed by atoms with Crippen LogP contribution in [-0.4, -0.2) is 67.6 Å². The van der Waals surface area contributed by atoms with Gasteiger partial charge in [-0.15, -0.1) is 23.4 Å². The van der Waals surface area contributed by atoms with E-state index in [4.69, 9.17) is 16.3 Å². The zero-order chi connectivity index (χ0) is 23.8. The smallest absolute Gasteiger partial charge is 0.408 e. The summed E-state index contributed by atoms with van der Waals surface area (Å²) in [6.07, 6.45) is -0.779. The van der Waals surface area contributed by atoms with E-state index in [1.165, 1.54) is 16.7 Å². The molecule has 5 unspecified atom stereocenters. The molecule has 3 N–H and O–H groups in total. The van der Waals surface area contributed by atoms with Crippen molar-refractivity contribution >= 4 is 47.2 Å². The Morgan fingerprint density at radius 1 is 1.28 bits per heavy atom. The number of fused-ring (bicyclic) bond motifs is 1. The Bertz CT molecular complexity index is 924. The molecule has 2 fully saturated rings. The average Bonchev–Trinajstić information content (AvgIpc) is 3.00. The lowest BCUT2D eigenvalue weighted by atomic mass is 9.95. The van der Waals surface area contributed by atoms with E-state index in [-0.39, 0.29) is 5.88 Å². The number of benzene rings is 1. The third-order valence-corrected chi connectivity index (χ3v) is 7.54. The number of aliphatic carboxylic acids is 1. The highest BCUT2D eigenvalue weighted by Crippen LogP contribution is 2.51. The number of β-lactam (4-membered cyclic amide) rings is 1. The highest BCUT2D eigenvalue weighted by molar-refractivity contribution is 8.01. The molecular formula is C21H26ClN3O6S. The normalized spacial score (nSPS) is 27.7. The number of nitrogens with one attached hydrogen (secondary N) is 2. The number of carbonyl (C=O) groups is 4. The molecule has 0 spiro atoms. The quantitative estimate of drug-likeness (QED) is 0.418. The van der Waals surface area contributed by atoms with Crippen LogP contribution in [-0.2, 0) is 19.1 Å². The number of ether oxygens (including phenoxy) is 1. The van der Waals surface area contributed by atoms with Crippen LogP contribution >= 0.6 is 23.4 Å². The number of carboxylic acid groups (broad SMARTS) is 1. The Morgan fingerprint density at radius 2 is 1.91 bits per heavy atom. The predicted octanol–water partition coefficient (Wildman–Crippen LogP) is 2.10. The molecule has 0 aliphatic carbocycles. The molecule has 1 aromatic rings. The molecule has 2 aliphatic heterocycles. The fourth-order valence-electron chi connectivity index (χ4n) is 3.75. The largest absolute Gasteiger partial charge is 0.480 e. The Kier molecular flexibility index (Phi) is 6.67. The molecular weight excluding hydrogens is 458 g/mol. The van der Waals surface area contributed by atoms with E-state index in [0.717, 1.165) is 0 Å². The second-order valence-corrected chi connectivity index (χ2v) is 10.8. The van der Waals surface area contributed by atoms with Crippen LogP contribution in [0.3, 0.4) is 0 Å². The minimum Gasteiger partial charge on any atom is -0.480 e. The van der Waals surface area contributed by atoms with Crippen molar-refractivity contribution in [1.29, 1.82) is 0 Å². The number of carboxylic acids is 1. The summed E-state index contributed by atoms with van der Waals surface area (Å²) in [7, 11) is 0. The van der Waals surface area contributed by atoms with Gasteiger partial charge in [0.25, 0.3) is 0 Å². The number of rotatable bonds is 6. The lowest BCUT2D eigenvalue weighted by Gasteiger charge is -2.44. The van der Waals surface area contributed by atoms with E-state index in [9.17, 15) is 24.3 Å². The number of halogens is 1. The second kappa shape index (κ2) is 8.82. The first-order chi connectivity index (χ1) is 14.9. The number of hydrogen-bond acceptors (Lipinski definition) is 6. The van der Waals surface area contributed by atoms with Crippen LogP contribution in [0.25, 0.3) is 0 Å². The molecule has 1 aromatic carbocycles. The summed E-state index contributed by atoms with van der Waals surface area (Å²) in [5.41, 5.74) is -0.252. The molecule has 0 radical (unpaired) electrons. The van der Waals surface area contributed by atoms with Crippen LogP contribution in [0.4, 0.5) is 4.79 Å². The summed E-state index contributed by atoms with van der Waals surface area (Å²) in [5, 5.41) is 14.3. The summed E-state index contributed by atoms with van der Waals surface area (Å²) in [6, 6.07) is 5.45. The third-order valence-electron chi connectivity index (χ3n) is 5.18. The SMILES string of the molecule is CC(C)(C)OC(=O)NC(C(=O)NC1C(=O)N2C1SC(C)(CCl)C2C(=O)O)c1ccccc1. The number of alkyl halides is 1. The van der Waals surface area contributed by atoms with E-state index >= 15 is 0 Å². The maximum atomic E-state index is 13.1. The molecule has 174 valence electrons. The first kappa shape index (κ1) is 24.2. The van der Waals surface area contributed by atoms with Gasteiger partial charge in [-0.25, -0.2) is 9.59 Å². The first-order valence-electron chi connectivity index (χ1n) is 10.0. The highest BCUT2D eigenvalue weighted by atomic mass is 35.5. The zero-order valence-electron chi connectivity index (χ0n) is 18.1. The van der Waals surface area contributed by atoms with Crippen molar-refractivity contribution in [3.05, 3.63) is 35.9 Å². The van der Waals surface area contributed by atoms with Crippen molar-refractivity contribution in [2.45, 2.75) is 61.5 Å². The molecule has 3 rings (SSSR count). The maximum Gasteiger partial charge on any atom is 0.408 e. The van der Waals surface area contributed by atoms with Crippen LogP contribution in [0, 0.1) is 0 Å². The summed E-state index contributed by atoms with van der Waals surface area (Å²) in [4.78, 5) is 51.2. The maximum absolute atomic E-state index is 13.1. The molecule has 11 heteroatoms. The van der Waals surface area contributed by atoms with Crippen molar-refractivity contribution in [2.24, 2.45) is 0 Å². The number of nitrogens with zero attached hydrogens (tertiary/aromatic N) is 1. The van der Waals surface area contributed by atoms with Gasteiger partial charge in [0.2, 0.25) is 11.8 Å². The van der Waals surface area contributed by atoms with Gasteiger partial charge in [-0.05, 0) is 33.3 Å². The number of amides is 3. The van der Waals surface area contributed by atoms with Gasteiger partial charge in [-0.2, -0.15) is 0 Å². The van der Waals surface area contributed by atoms with Gasteiger partial charge in [0.1, 0.15) is 29.1 Å². The average molecular weight is 484 g/mol. The van der Waals surface area contributed by atoms with Crippen LogP contribution in [0.1, 0.15) is 39.3 Å².